The molecule has 4 nitrogen and oxygen atoms in total. The summed E-state index contributed by atoms with van der Waals surface area (Å²) in [5.74, 6) is -0.565. The molecule has 0 saturated heterocycles. The van der Waals surface area contributed by atoms with Crippen LogP contribution >= 0.6 is 0 Å². The second-order valence-electron chi connectivity index (χ2n) is 4.18. The summed E-state index contributed by atoms with van der Waals surface area (Å²) in [5.41, 5.74) is -1.16. The van der Waals surface area contributed by atoms with Crippen LogP contribution in [0.3, 0.4) is 0 Å². The van der Waals surface area contributed by atoms with Gasteiger partial charge in [-0.05, 0) is 17.7 Å². The molecule has 1 rings (SSSR count). The van der Waals surface area contributed by atoms with E-state index in [1.165, 1.54) is 0 Å². The molecule has 0 N–H and O–H groups in total. The molecule has 0 unspecified atom stereocenters. The molecule has 0 atom stereocenters. The Morgan fingerprint density at radius 1 is 1.30 bits per heavy atom. The fraction of sp³-hybridized carbons (Fsp3) is 0.333. The summed E-state index contributed by atoms with van der Waals surface area (Å²) in [4.78, 5) is 21.0. The Bertz CT molecular complexity index is 633. The van der Waals surface area contributed by atoms with Crippen LogP contribution in [0.25, 0.3) is 0 Å². The number of hydrogen-bond acceptors (Lipinski definition) is 4. The van der Waals surface area contributed by atoms with Crippen LogP contribution in [0.5, 0.6) is 0 Å². The summed E-state index contributed by atoms with van der Waals surface area (Å²) in [7, 11) is -3.92. The SMILES string of the molecule is CS(=O)(=O)c1cc(C(F)(F)F)ccc1CC(=O)CC=O. The summed E-state index contributed by atoms with van der Waals surface area (Å²) >= 11 is 0. The summed E-state index contributed by atoms with van der Waals surface area (Å²) in [6.45, 7) is 0. The van der Waals surface area contributed by atoms with E-state index in [1.54, 1.807) is 0 Å². The second kappa shape index (κ2) is 5.74. The zero-order chi connectivity index (χ0) is 15.6. The molecule has 110 valence electrons. The van der Waals surface area contributed by atoms with E-state index in [9.17, 15) is 31.2 Å². The number of aldehydes is 1. The van der Waals surface area contributed by atoms with E-state index in [4.69, 9.17) is 0 Å². The van der Waals surface area contributed by atoms with E-state index < -0.39 is 45.1 Å². The van der Waals surface area contributed by atoms with Gasteiger partial charge in [0.1, 0.15) is 12.1 Å². The minimum atomic E-state index is -4.68. The van der Waals surface area contributed by atoms with Gasteiger partial charge in [0, 0.05) is 12.7 Å². The first-order valence-electron chi connectivity index (χ1n) is 5.41. The number of benzene rings is 1. The highest BCUT2D eigenvalue weighted by molar-refractivity contribution is 7.90. The zero-order valence-corrected chi connectivity index (χ0v) is 11.2. The molecule has 0 radical (unpaired) electrons. The van der Waals surface area contributed by atoms with E-state index in [2.05, 4.69) is 0 Å². The lowest BCUT2D eigenvalue weighted by atomic mass is 10.1. The molecule has 20 heavy (non-hydrogen) atoms. The minimum Gasteiger partial charge on any atom is -0.303 e. The maximum atomic E-state index is 12.6. The van der Waals surface area contributed by atoms with Crippen LogP contribution in [-0.4, -0.2) is 26.7 Å². The van der Waals surface area contributed by atoms with E-state index >= 15 is 0 Å². The van der Waals surface area contributed by atoms with Crippen LogP contribution in [0.4, 0.5) is 13.2 Å². The zero-order valence-electron chi connectivity index (χ0n) is 10.4. The highest BCUT2D eigenvalue weighted by Gasteiger charge is 2.32. The third kappa shape index (κ3) is 4.16. The Morgan fingerprint density at radius 3 is 2.35 bits per heavy atom. The maximum absolute atomic E-state index is 12.6. The fourth-order valence-corrected chi connectivity index (χ4v) is 2.56. The van der Waals surface area contributed by atoms with Crippen molar-refractivity contribution in [2.24, 2.45) is 0 Å². The topological polar surface area (TPSA) is 68.3 Å². The Balaban J connectivity index is 3.32. The number of alkyl halides is 3. The van der Waals surface area contributed by atoms with Gasteiger partial charge in [-0.15, -0.1) is 0 Å². The molecule has 0 aromatic heterocycles. The largest absolute Gasteiger partial charge is 0.416 e. The van der Waals surface area contributed by atoms with Gasteiger partial charge in [-0.3, -0.25) is 4.79 Å². The number of ketones is 1. The quantitative estimate of drug-likeness (QED) is 0.614. The standard InChI is InChI=1S/C12H11F3O4S/c1-20(18,19)11-7-9(12(13,14)15)3-2-8(11)6-10(17)4-5-16/h2-3,5,7H,4,6H2,1H3. The van der Waals surface area contributed by atoms with Gasteiger partial charge in [0.15, 0.2) is 9.84 Å². The minimum absolute atomic E-state index is 0.0487. The van der Waals surface area contributed by atoms with Crippen molar-refractivity contribution in [3.63, 3.8) is 0 Å². The predicted molar refractivity (Wildman–Crippen MR) is 63.9 cm³/mol. The fourth-order valence-electron chi connectivity index (χ4n) is 1.60. The van der Waals surface area contributed by atoms with Crippen molar-refractivity contribution < 1.29 is 31.2 Å². The predicted octanol–water partition coefficient (Wildman–Crippen LogP) is 1.81. The molecule has 0 aliphatic heterocycles. The van der Waals surface area contributed by atoms with Gasteiger partial charge >= 0.3 is 6.18 Å². The molecule has 0 amide bonds. The van der Waals surface area contributed by atoms with Gasteiger partial charge in [-0.2, -0.15) is 13.2 Å². The Hall–Kier alpha value is -1.70. The van der Waals surface area contributed by atoms with Crippen LogP contribution in [0, 0.1) is 0 Å². The Kier molecular flexibility index (Phi) is 4.69. The van der Waals surface area contributed by atoms with Gasteiger partial charge < -0.3 is 4.79 Å². The molecule has 0 spiro atoms. The van der Waals surface area contributed by atoms with Gasteiger partial charge in [0.2, 0.25) is 0 Å². The van der Waals surface area contributed by atoms with Gasteiger partial charge in [0.25, 0.3) is 0 Å². The maximum Gasteiger partial charge on any atom is 0.416 e. The highest BCUT2D eigenvalue weighted by atomic mass is 32.2. The first-order chi connectivity index (χ1) is 9.05. The van der Waals surface area contributed by atoms with Crippen molar-refractivity contribution in [2.75, 3.05) is 6.26 Å². The summed E-state index contributed by atoms with van der Waals surface area (Å²) in [6.07, 6.45) is -4.38. The van der Waals surface area contributed by atoms with Gasteiger partial charge in [0.05, 0.1) is 16.9 Å². The number of Topliss-reactive ketones (excluding diaryl/α,β-unsaturated/α-hetero) is 1. The summed E-state index contributed by atoms with van der Waals surface area (Å²) < 4.78 is 60.7. The van der Waals surface area contributed by atoms with E-state index in [-0.39, 0.29) is 5.56 Å². The third-order valence-corrected chi connectivity index (χ3v) is 3.67. The smallest absolute Gasteiger partial charge is 0.303 e. The molecule has 0 saturated carbocycles. The van der Waals surface area contributed by atoms with E-state index in [0.29, 0.717) is 18.4 Å². The second-order valence-corrected chi connectivity index (χ2v) is 6.16. The van der Waals surface area contributed by atoms with Crippen molar-refractivity contribution >= 4 is 21.9 Å². The normalized spacial score (nSPS) is 12.2. The Labute approximate surface area is 113 Å². The number of rotatable bonds is 5. The molecule has 0 heterocycles. The van der Waals surface area contributed by atoms with Crippen molar-refractivity contribution in [1.82, 2.24) is 0 Å². The highest BCUT2D eigenvalue weighted by Crippen LogP contribution is 2.32. The average molecular weight is 308 g/mol. The molecular formula is C12H11F3O4S. The molecule has 1 aromatic rings. The number of hydrogen-bond donors (Lipinski definition) is 0. The van der Waals surface area contributed by atoms with E-state index in [0.717, 1.165) is 12.3 Å². The molecule has 0 bridgehead atoms. The van der Waals surface area contributed by atoms with Crippen molar-refractivity contribution in [3.05, 3.63) is 29.3 Å². The molecule has 0 aliphatic carbocycles. The number of carbonyl (C=O) groups is 2. The molecular weight excluding hydrogens is 297 g/mol. The van der Waals surface area contributed by atoms with Crippen LogP contribution in [0.2, 0.25) is 0 Å². The van der Waals surface area contributed by atoms with Crippen LogP contribution in [0.1, 0.15) is 17.5 Å². The summed E-state index contributed by atoms with van der Waals surface area (Å²) in [5, 5.41) is 0. The van der Waals surface area contributed by atoms with Crippen LogP contribution < -0.4 is 0 Å². The summed E-state index contributed by atoms with van der Waals surface area (Å²) in [6, 6.07) is 2.15. The van der Waals surface area contributed by atoms with Crippen molar-refractivity contribution in [3.8, 4) is 0 Å². The van der Waals surface area contributed by atoms with Crippen LogP contribution in [-0.2, 0) is 32.0 Å². The number of carbonyl (C=O) groups excluding carboxylic acids is 2. The van der Waals surface area contributed by atoms with Crippen molar-refractivity contribution in [2.45, 2.75) is 23.9 Å². The first-order valence-corrected chi connectivity index (χ1v) is 7.30. The number of sulfone groups is 1. The number of halogens is 3. The molecule has 0 aliphatic rings. The lowest BCUT2D eigenvalue weighted by molar-refractivity contribution is -0.137. The van der Waals surface area contributed by atoms with Crippen molar-refractivity contribution in [1.29, 1.82) is 0 Å². The lowest BCUT2D eigenvalue weighted by Crippen LogP contribution is -2.12. The Morgan fingerprint density at radius 2 is 1.90 bits per heavy atom. The lowest BCUT2D eigenvalue weighted by Gasteiger charge is -2.12. The van der Waals surface area contributed by atoms with Gasteiger partial charge in [-0.1, -0.05) is 6.07 Å². The third-order valence-electron chi connectivity index (χ3n) is 2.49. The monoisotopic (exact) mass is 308 g/mol. The van der Waals surface area contributed by atoms with Gasteiger partial charge in [-0.25, -0.2) is 8.42 Å². The molecule has 8 heteroatoms. The molecule has 1 aromatic carbocycles. The van der Waals surface area contributed by atoms with E-state index in [1.807, 2.05) is 0 Å². The first kappa shape index (κ1) is 16.4. The molecule has 0 fully saturated rings. The average Bonchev–Trinajstić information content (AvgIpc) is 2.26. The van der Waals surface area contributed by atoms with Crippen LogP contribution in [0.15, 0.2) is 23.1 Å².